The zero-order valence-electron chi connectivity index (χ0n) is 16.1. The summed E-state index contributed by atoms with van der Waals surface area (Å²) in [6.07, 6.45) is 0.865. The first-order chi connectivity index (χ1) is 13.0. The van der Waals surface area contributed by atoms with Crippen molar-refractivity contribution in [3.63, 3.8) is 0 Å². The highest BCUT2D eigenvalue weighted by molar-refractivity contribution is 5.47. The maximum atomic E-state index is 12.6. The van der Waals surface area contributed by atoms with Crippen molar-refractivity contribution in [2.75, 3.05) is 13.2 Å². The largest absolute Gasteiger partial charge is 0.483 e. The molecule has 6 heteroatoms. The summed E-state index contributed by atoms with van der Waals surface area (Å²) >= 11 is 0. The first-order valence-corrected chi connectivity index (χ1v) is 9.21. The van der Waals surface area contributed by atoms with Crippen molar-refractivity contribution in [3.8, 4) is 5.75 Å². The Morgan fingerprint density at radius 3 is 2.74 bits per heavy atom. The van der Waals surface area contributed by atoms with Crippen LogP contribution in [0.2, 0.25) is 0 Å². The lowest BCUT2D eigenvalue weighted by Crippen LogP contribution is -2.40. The van der Waals surface area contributed by atoms with Gasteiger partial charge in [0.25, 0.3) is 0 Å². The van der Waals surface area contributed by atoms with Crippen molar-refractivity contribution in [2.45, 2.75) is 46.1 Å². The third-order valence-corrected chi connectivity index (χ3v) is 4.89. The van der Waals surface area contributed by atoms with Crippen LogP contribution in [0.3, 0.4) is 0 Å². The molecule has 2 heterocycles. The summed E-state index contributed by atoms with van der Waals surface area (Å²) in [7, 11) is 0. The minimum absolute atomic E-state index is 0.0546. The predicted octanol–water partition coefficient (Wildman–Crippen LogP) is 2.67. The van der Waals surface area contributed by atoms with Gasteiger partial charge in [0.2, 0.25) is 11.8 Å². The van der Waals surface area contributed by atoms with Crippen molar-refractivity contribution in [2.24, 2.45) is 0 Å². The Kier molecular flexibility index (Phi) is 5.96. The van der Waals surface area contributed by atoms with Gasteiger partial charge in [-0.2, -0.15) is 0 Å². The summed E-state index contributed by atoms with van der Waals surface area (Å²) in [5.74, 6) is 0.358. The summed E-state index contributed by atoms with van der Waals surface area (Å²) in [4.78, 5) is 25.7. The summed E-state index contributed by atoms with van der Waals surface area (Å²) in [5.41, 5.74) is 2.45. The molecule has 0 radical (unpaired) electrons. The lowest BCUT2D eigenvalue weighted by atomic mass is 10.1. The summed E-state index contributed by atoms with van der Waals surface area (Å²) < 4.78 is 13.6. The monoisotopic (exact) mass is 370 g/mol. The van der Waals surface area contributed by atoms with Gasteiger partial charge in [-0.05, 0) is 26.3 Å². The van der Waals surface area contributed by atoms with Crippen LogP contribution in [0.4, 0.5) is 0 Å². The number of pyridine rings is 1. The Balaban J connectivity index is 1.90. The van der Waals surface area contributed by atoms with Gasteiger partial charge in [0.1, 0.15) is 6.61 Å². The molecule has 144 valence electrons. The van der Waals surface area contributed by atoms with Gasteiger partial charge in [0, 0.05) is 24.3 Å². The topological polar surface area (TPSA) is 60.8 Å². The quantitative estimate of drug-likeness (QED) is 0.703. The number of nitrogens with zero attached hydrogens (tertiary/aromatic N) is 2. The molecule has 0 saturated carbocycles. The van der Waals surface area contributed by atoms with Crippen LogP contribution in [-0.4, -0.2) is 35.1 Å². The Morgan fingerprint density at radius 2 is 2.07 bits per heavy atom. The maximum Gasteiger partial charge on any atom is 0.224 e. The van der Waals surface area contributed by atoms with Crippen molar-refractivity contribution >= 4 is 6.41 Å². The van der Waals surface area contributed by atoms with E-state index in [4.69, 9.17) is 9.47 Å². The van der Waals surface area contributed by atoms with Crippen LogP contribution in [0, 0.1) is 6.92 Å². The van der Waals surface area contributed by atoms with Gasteiger partial charge in [0.15, 0.2) is 5.75 Å². The Labute approximate surface area is 159 Å². The fourth-order valence-corrected chi connectivity index (χ4v) is 3.44. The molecule has 2 aromatic rings. The van der Waals surface area contributed by atoms with E-state index in [1.165, 1.54) is 0 Å². The van der Waals surface area contributed by atoms with Crippen molar-refractivity contribution in [3.05, 3.63) is 63.6 Å². The Morgan fingerprint density at radius 1 is 1.33 bits per heavy atom. The van der Waals surface area contributed by atoms with E-state index in [9.17, 15) is 9.59 Å². The molecule has 27 heavy (non-hydrogen) atoms. The molecule has 3 rings (SSSR count). The number of hydrogen-bond acceptors (Lipinski definition) is 4. The molecule has 1 aromatic carbocycles. The molecule has 0 bridgehead atoms. The second-order valence-corrected chi connectivity index (χ2v) is 7.12. The molecule has 0 aliphatic carbocycles. The molecule has 1 atom stereocenters. The summed E-state index contributed by atoms with van der Waals surface area (Å²) in [6.45, 7) is 7.58. The normalized spacial score (nSPS) is 16.1. The van der Waals surface area contributed by atoms with Crippen LogP contribution in [0.5, 0.6) is 5.75 Å². The lowest BCUT2D eigenvalue weighted by Gasteiger charge is -2.35. The van der Waals surface area contributed by atoms with Gasteiger partial charge < -0.3 is 18.9 Å². The van der Waals surface area contributed by atoms with Gasteiger partial charge in [-0.1, -0.05) is 30.3 Å². The van der Waals surface area contributed by atoms with Crippen LogP contribution in [0.1, 0.15) is 36.8 Å². The molecule has 6 nitrogen and oxygen atoms in total. The summed E-state index contributed by atoms with van der Waals surface area (Å²) in [6, 6.07) is 11.4. The van der Waals surface area contributed by atoms with Crippen LogP contribution in [0.25, 0.3) is 0 Å². The van der Waals surface area contributed by atoms with Crippen LogP contribution in [-0.2, 0) is 22.7 Å². The van der Waals surface area contributed by atoms with E-state index in [1.54, 1.807) is 11.0 Å². The van der Waals surface area contributed by atoms with Crippen molar-refractivity contribution < 1.29 is 14.3 Å². The first kappa shape index (κ1) is 19.2. The summed E-state index contributed by atoms with van der Waals surface area (Å²) in [5, 5.41) is 0. The zero-order chi connectivity index (χ0) is 19.4. The number of ether oxygens (including phenoxy) is 2. The van der Waals surface area contributed by atoms with Crippen molar-refractivity contribution in [1.82, 2.24) is 9.47 Å². The van der Waals surface area contributed by atoms with Crippen molar-refractivity contribution in [1.29, 1.82) is 0 Å². The number of rotatable bonds is 7. The number of fused-ring (bicyclic) bond motifs is 1. The number of carbonyl (C=O) groups excluding carboxylic acids is 1. The average Bonchev–Trinajstić information content (AvgIpc) is 2.66. The van der Waals surface area contributed by atoms with E-state index >= 15 is 0 Å². The average molecular weight is 370 g/mol. The highest BCUT2D eigenvalue weighted by Crippen LogP contribution is 2.26. The number of hydrogen-bond donors (Lipinski definition) is 0. The van der Waals surface area contributed by atoms with Gasteiger partial charge in [-0.3, -0.25) is 9.59 Å². The second kappa shape index (κ2) is 8.39. The van der Waals surface area contributed by atoms with E-state index in [0.717, 1.165) is 23.4 Å². The van der Waals surface area contributed by atoms with E-state index in [2.05, 4.69) is 4.57 Å². The van der Waals surface area contributed by atoms with E-state index in [0.29, 0.717) is 32.1 Å². The standard InChI is InChI=1S/C21H26N2O4/c1-15(2)22(14-24)10-19-13-26-12-18-9-20(25)21(16(3)23(18)19)27-11-17-7-5-4-6-8-17/h4-9,14-15,19H,10-13H2,1-3H3. The number of benzene rings is 1. The minimum atomic E-state index is -0.143. The van der Waals surface area contributed by atoms with E-state index < -0.39 is 0 Å². The van der Waals surface area contributed by atoms with E-state index in [1.807, 2.05) is 51.1 Å². The number of carbonyl (C=O) groups is 1. The van der Waals surface area contributed by atoms with Crippen LogP contribution >= 0.6 is 0 Å². The fourth-order valence-electron chi connectivity index (χ4n) is 3.44. The molecule has 0 saturated heterocycles. The molecule has 0 fully saturated rings. The third kappa shape index (κ3) is 4.22. The molecule has 1 aromatic heterocycles. The fraction of sp³-hybridized carbons (Fsp3) is 0.429. The Hall–Kier alpha value is -2.60. The molecule has 1 amide bonds. The predicted molar refractivity (Wildman–Crippen MR) is 103 cm³/mol. The molecule has 0 N–H and O–H groups in total. The highest BCUT2D eigenvalue weighted by Gasteiger charge is 2.26. The highest BCUT2D eigenvalue weighted by atomic mass is 16.5. The van der Waals surface area contributed by atoms with Crippen LogP contribution in [0.15, 0.2) is 41.2 Å². The maximum absolute atomic E-state index is 12.6. The second-order valence-electron chi connectivity index (χ2n) is 7.12. The number of amides is 1. The SMILES string of the molecule is Cc1c(OCc2ccccc2)c(=O)cc2n1C(CN(C=O)C(C)C)COC2. The molecule has 1 unspecified atom stereocenters. The van der Waals surface area contributed by atoms with Crippen LogP contribution < -0.4 is 10.2 Å². The zero-order valence-corrected chi connectivity index (χ0v) is 16.1. The number of aromatic nitrogens is 1. The molecular formula is C21H26N2O4. The third-order valence-electron chi connectivity index (χ3n) is 4.89. The lowest BCUT2D eigenvalue weighted by molar-refractivity contribution is -0.120. The Bertz CT molecular complexity index is 845. The molecule has 0 spiro atoms. The van der Waals surface area contributed by atoms with Gasteiger partial charge >= 0.3 is 0 Å². The van der Waals surface area contributed by atoms with E-state index in [-0.39, 0.29) is 17.5 Å². The smallest absolute Gasteiger partial charge is 0.224 e. The van der Waals surface area contributed by atoms with Gasteiger partial charge in [-0.15, -0.1) is 0 Å². The first-order valence-electron chi connectivity index (χ1n) is 9.21. The molecule has 1 aliphatic heterocycles. The minimum Gasteiger partial charge on any atom is -0.483 e. The molecular weight excluding hydrogens is 344 g/mol. The van der Waals surface area contributed by atoms with Gasteiger partial charge in [-0.25, -0.2) is 0 Å². The van der Waals surface area contributed by atoms with Gasteiger partial charge in [0.05, 0.1) is 24.9 Å². The molecule has 1 aliphatic rings.